The molecular formula is C53H42N4. The first kappa shape index (κ1) is 33.5. The standard InChI is InChI=1S/C53H42N4/c1-35-31-37(36-13-4-2-5-14-36)23-26-43(35)40-15-12-16-41(32-40)48-29-30-54-53(55-48)57-50-22-11-9-20-45(50)47-34-39(25-28-52(47)57)38-24-27-51-46(33-38)44-19-8-10-21-49(44)56(51)42-17-6-3-7-18-42/h2-23,25-34,38,45,47,50,52H,24H2,1H3. The number of benzene rings is 5. The molecule has 4 heteroatoms. The quantitative estimate of drug-likeness (QED) is 0.171. The number of aromatic nitrogens is 3. The molecule has 0 saturated carbocycles. The topological polar surface area (TPSA) is 34.0 Å². The van der Waals surface area contributed by atoms with Crippen molar-refractivity contribution in [2.24, 2.45) is 17.8 Å². The molecule has 1 saturated heterocycles. The van der Waals surface area contributed by atoms with Gasteiger partial charge >= 0.3 is 0 Å². The molecule has 3 aliphatic carbocycles. The third kappa shape index (κ3) is 5.74. The highest BCUT2D eigenvalue weighted by Gasteiger charge is 2.47. The highest BCUT2D eigenvalue weighted by molar-refractivity contribution is 5.85. The predicted molar refractivity (Wildman–Crippen MR) is 235 cm³/mol. The van der Waals surface area contributed by atoms with Crippen LogP contribution in [0.1, 0.15) is 12.0 Å². The number of hydrogen-bond acceptors (Lipinski definition) is 3. The van der Waals surface area contributed by atoms with Crippen LogP contribution in [-0.4, -0.2) is 26.6 Å². The summed E-state index contributed by atoms with van der Waals surface area (Å²) >= 11 is 0. The van der Waals surface area contributed by atoms with E-state index in [-0.39, 0.29) is 12.1 Å². The molecule has 0 radical (unpaired) electrons. The van der Waals surface area contributed by atoms with Gasteiger partial charge in [-0.1, -0.05) is 158 Å². The van der Waals surface area contributed by atoms with Gasteiger partial charge in [0.05, 0.1) is 23.3 Å². The van der Waals surface area contributed by atoms with Crippen molar-refractivity contribution in [3.05, 3.63) is 204 Å². The molecule has 274 valence electrons. The number of nitrogens with zero attached hydrogens (tertiary/aromatic N) is 4. The number of anilines is 1. The van der Waals surface area contributed by atoms with Crippen LogP contribution in [0.15, 0.2) is 188 Å². The van der Waals surface area contributed by atoms with E-state index in [0.717, 1.165) is 23.6 Å². The summed E-state index contributed by atoms with van der Waals surface area (Å²) in [6.07, 6.45) is 24.4. The Morgan fingerprint density at radius 1 is 0.632 bits per heavy atom. The minimum absolute atomic E-state index is 0.159. The van der Waals surface area contributed by atoms with E-state index in [0.29, 0.717) is 17.8 Å². The molecule has 5 aromatic carbocycles. The summed E-state index contributed by atoms with van der Waals surface area (Å²) in [6.45, 7) is 2.20. The Hall–Kier alpha value is -6.78. The molecule has 2 aromatic heterocycles. The Morgan fingerprint density at radius 3 is 2.28 bits per heavy atom. The number of para-hydroxylation sites is 2. The van der Waals surface area contributed by atoms with E-state index < -0.39 is 0 Å². The molecule has 4 nitrogen and oxygen atoms in total. The summed E-state index contributed by atoms with van der Waals surface area (Å²) in [5.74, 6) is 1.74. The van der Waals surface area contributed by atoms with Gasteiger partial charge in [0.2, 0.25) is 5.95 Å². The Balaban J connectivity index is 0.908. The molecule has 11 rings (SSSR count). The van der Waals surface area contributed by atoms with Crippen LogP contribution >= 0.6 is 0 Å². The van der Waals surface area contributed by atoms with Crippen LogP contribution in [0.5, 0.6) is 0 Å². The monoisotopic (exact) mass is 734 g/mol. The maximum absolute atomic E-state index is 5.30. The largest absolute Gasteiger partial charge is 0.327 e. The first-order chi connectivity index (χ1) is 28.2. The van der Waals surface area contributed by atoms with Crippen LogP contribution in [0.3, 0.4) is 0 Å². The minimum atomic E-state index is 0.159. The summed E-state index contributed by atoms with van der Waals surface area (Å²) < 4.78 is 2.42. The zero-order valence-electron chi connectivity index (χ0n) is 31.9. The van der Waals surface area contributed by atoms with Crippen LogP contribution in [0, 0.1) is 24.7 Å². The Kier molecular flexibility index (Phi) is 8.10. The molecular weight excluding hydrogens is 693 g/mol. The number of aryl methyl sites for hydroxylation is 1. The van der Waals surface area contributed by atoms with Crippen molar-refractivity contribution in [1.29, 1.82) is 0 Å². The van der Waals surface area contributed by atoms with Crippen molar-refractivity contribution >= 4 is 29.0 Å². The van der Waals surface area contributed by atoms with Gasteiger partial charge in [-0.05, 0) is 77.1 Å². The van der Waals surface area contributed by atoms with Crippen molar-refractivity contribution < 1.29 is 0 Å². The van der Waals surface area contributed by atoms with E-state index in [1.165, 1.54) is 60.5 Å². The lowest BCUT2D eigenvalue weighted by Crippen LogP contribution is -2.38. The molecule has 0 bridgehead atoms. The zero-order chi connectivity index (χ0) is 37.9. The lowest BCUT2D eigenvalue weighted by atomic mass is 9.78. The van der Waals surface area contributed by atoms with Crippen molar-refractivity contribution in [2.45, 2.75) is 25.4 Å². The fourth-order valence-electron chi connectivity index (χ4n) is 9.82. The van der Waals surface area contributed by atoms with Gasteiger partial charge in [-0.2, -0.15) is 0 Å². The van der Waals surface area contributed by atoms with Gasteiger partial charge in [0, 0.05) is 51.2 Å². The second-order valence-electron chi connectivity index (χ2n) is 15.8. The lowest BCUT2D eigenvalue weighted by Gasteiger charge is -2.31. The number of hydrogen-bond donors (Lipinski definition) is 0. The van der Waals surface area contributed by atoms with E-state index in [1.807, 2.05) is 12.3 Å². The third-order valence-corrected chi connectivity index (χ3v) is 12.5. The molecule has 5 atom stereocenters. The van der Waals surface area contributed by atoms with Gasteiger partial charge in [-0.15, -0.1) is 0 Å². The van der Waals surface area contributed by atoms with E-state index >= 15 is 0 Å². The van der Waals surface area contributed by atoms with E-state index in [2.05, 4.69) is 198 Å². The summed E-state index contributed by atoms with van der Waals surface area (Å²) in [7, 11) is 0. The SMILES string of the molecule is Cc1cc(-c2ccccc2)ccc1-c1cccc(-c2ccnc(N3C4C=CC=CC4C4C=C(C5C=c6c(n(-c7ccccc7)c7ccccc67)=CC5)C=CC43)n2)c1. The van der Waals surface area contributed by atoms with Crippen LogP contribution in [0.25, 0.3) is 62.3 Å². The Labute approximate surface area is 333 Å². The molecule has 3 heterocycles. The van der Waals surface area contributed by atoms with Crippen molar-refractivity contribution in [2.75, 3.05) is 4.90 Å². The minimum Gasteiger partial charge on any atom is -0.327 e. The molecule has 4 aliphatic rings. The normalized spacial score (nSPS) is 21.7. The predicted octanol–water partition coefficient (Wildman–Crippen LogP) is 10.4. The van der Waals surface area contributed by atoms with Gasteiger partial charge in [-0.3, -0.25) is 0 Å². The average Bonchev–Trinajstić information content (AvgIpc) is 3.79. The number of allylic oxidation sites excluding steroid dienone is 4. The molecule has 1 fully saturated rings. The number of rotatable bonds is 6. The molecule has 7 aromatic rings. The fourth-order valence-corrected chi connectivity index (χ4v) is 9.82. The Bertz CT molecular complexity index is 2930. The van der Waals surface area contributed by atoms with E-state index in [1.54, 1.807) is 0 Å². The van der Waals surface area contributed by atoms with E-state index in [4.69, 9.17) is 9.97 Å². The first-order valence-corrected chi connectivity index (χ1v) is 20.2. The molecule has 57 heavy (non-hydrogen) atoms. The van der Waals surface area contributed by atoms with Crippen LogP contribution in [0.4, 0.5) is 5.95 Å². The molecule has 0 amide bonds. The van der Waals surface area contributed by atoms with Gasteiger partial charge < -0.3 is 9.47 Å². The van der Waals surface area contributed by atoms with Gasteiger partial charge in [0.15, 0.2) is 0 Å². The maximum Gasteiger partial charge on any atom is 0.226 e. The van der Waals surface area contributed by atoms with Crippen LogP contribution < -0.4 is 15.5 Å². The van der Waals surface area contributed by atoms with Crippen molar-refractivity contribution in [1.82, 2.24) is 14.5 Å². The summed E-state index contributed by atoms with van der Waals surface area (Å²) in [6, 6.07) is 48.1. The van der Waals surface area contributed by atoms with Crippen molar-refractivity contribution in [3.63, 3.8) is 0 Å². The molecule has 1 aliphatic heterocycles. The molecule has 5 unspecified atom stereocenters. The molecule has 0 N–H and O–H groups in total. The summed E-state index contributed by atoms with van der Waals surface area (Å²) in [5.41, 5.74) is 12.0. The second kappa shape index (κ2) is 13.8. The first-order valence-electron chi connectivity index (χ1n) is 20.2. The summed E-state index contributed by atoms with van der Waals surface area (Å²) in [5, 5.41) is 3.94. The molecule has 0 spiro atoms. The van der Waals surface area contributed by atoms with Gasteiger partial charge in [0.1, 0.15) is 0 Å². The summed E-state index contributed by atoms with van der Waals surface area (Å²) in [4.78, 5) is 12.7. The smallest absolute Gasteiger partial charge is 0.226 e. The Morgan fingerprint density at radius 2 is 1.40 bits per heavy atom. The third-order valence-electron chi connectivity index (χ3n) is 12.5. The number of fused-ring (bicyclic) bond motifs is 6. The van der Waals surface area contributed by atoms with Crippen LogP contribution in [0.2, 0.25) is 0 Å². The van der Waals surface area contributed by atoms with Crippen molar-refractivity contribution in [3.8, 4) is 39.2 Å². The average molecular weight is 735 g/mol. The maximum atomic E-state index is 5.30. The van der Waals surface area contributed by atoms with E-state index in [9.17, 15) is 0 Å². The van der Waals surface area contributed by atoms with Gasteiger partial charge in [0.25, 0.3) is 0 Å². The van der Waals surface area contributed by atoms with Crippen LogP contribution in [-0.2, 0) is 0 Å². The lowest BCUT2D eigenvalue weighted by molar-refractivity contribution is 0.520. The van der Waals surface area contributed by atoms with Gasteiger partial charge in [-0.25, -0.2) is 9.97 Å². The fraction of sp³-hybridized carbons (Fsp3) is 0.132. The second-order valence-corrected chi connectivity index (χ2v) is 15.8. The highest BCUT2D eigenvalue weighted by atomic mass is 15.3. The zero-order valence-corrected chi connectivity index (χ0v) is 31.9. The highest BCUT2D eigenvalue weighted by Crippen LogP contribution is 2.45.